The van der Waals surface area contributed by atoms with Gasteiger partial charge in [0.25, 0.3) is 5.69 Å². The predicted molar refractivity (Wildman–Crippen MR) is 66.3 cm³/mol. The molecule has 2 N–H and O–H groups in total. The van der Waals surface area contributed by atoms with Crippen molar-refractivity contribution < 1.29 is 19.6 Å². The van der Waals surface area contributed by atoms with Crippen molar-refractivity contribution >= 4 is 11.7 Å². The second-order valence-electron chi connectivity index (χ2n) is 4.62. The average molecular weight is 266 g/mol. The molecule has 1 aliphatic rings. The maximum Gasteiger partial charge on any atom is 0.307 e. The first kappa shape index (κ1) is 13.3. The van der Waals surface area contributed by atoms with Gasteiger partial charge in [0.05, 0.1) is 16.9 Å². The fourth-order valence-electron chi connectivity index (χ4n) is 2.06. The Bertz CT molecular complexity index is 525. The van der Waals surface area contributed by atoms with Crippen LogP contribution in [0.1, 0.15) is 12.0 Å². The van der Waals surface area contributed by atoms with E-state index in [2.05, 4.69) is 5.32 Å². The number of nitrogens with one attached hydrogen (secondary N) is 1. The third-order valence-corrected chi connectivity index (χ3v) is 3.15. The van der Waals surface area contributed by atoms with E-state index in [1.165, 1.54) is 12.1 Å². The van der Waals surface area contributed by atoms with E-state index in [1.54, 1.807) is 13.0 Å². The first-order valence-corrected chi connectivity index (χ1v) is 5.79. The first-order chi connectivity index (χ1) is 8.93. The molecule has 1 saturated heterocycles. The number of carboxylic acids is 1. The zero-order valence-electron chi connectivity index (χ0n) is 10.4. The fraction of sp³-hybridized carbons (Fsp3) is 0.417. The molecule has 1 heterocycles. The number of carbonyl (C=O) groups is 1. The number of carboxylic acid groups (broad SMARTS) is 1. The second kappa shape index (κ2) is 4.85. The van der Waals surface area contributed by atoms with Crippen LogP contribution in [0, 0.1) is 17.0 Å². The molecule has 19 heavy (non-hydrogen) atoms. The Hall–Kier alpha value is -2.15. The van der Waals surface area contributed by atoms with E-state index in [-0.39, 0.29) is 12.1 Å². The summed E-state index contributed by atoms with van der Waals surface area (Å²) in [7, 11) is 0. The summed E-state index contributed by atoms with van der Waals surface area (Å²) >= 11 is 0. The van der Waals surface area contributed by atoms with Crippen molar-refractivity contribution in [1.82, 2.24) is 5.32 Å². The highest BCUT2D eigenvalue weighted by molar-refractivity contribution is 5.68. The molecule has 0 saturated carbocycles. The lowest BCUT2D eigenvalue weighted by molar-refractivity contribution is -0.385. The van der Waals surface area contributed by atoms with Gasteiger partial charge in [-0.1, -0.05) is 6.07 Å². The number of rotatable bonds is 5. The Kier molecular flexibility index (Phi) is 3.39. The molecule has 1 fully saturated rings. The highest BCUT2D eigenvalue weighted by atomic mass is 16.6. The van der Waals surface area contributed by atoms with Crippen molar-refractivity contribution in [3.05, 3.63) is 33.9 Å². The Morgan fingerprint density at radius 1 is 1.58 bits per heavy atom. The zero-order chi connectivity index (χ0) is 14.0. The highest BCUT2D eigenvalue weighted by Crippen LogP contribution is 2.32. The number of benzene rings is 1. The largest absolute Gasteiger partial charge is 0.483 e. The van der Waals surface area contributed by atoms with Crippen LogP contribution < -0.4 is 10.1 Å². The van der Waals surface area contributed by atoms with Gasteiger partial charge in [-0.2, -0.15) is 0 Å². The summed E-state index contributed by atoms with van der Waals surface area (Å²) in [5.74, 6) is -0.596. The van der Waals surface area contributed by atoms with Crippen LogP contribution in [0.25, 0.3) is 0 Å². The summed E-state index contributed by atoms with van der Waals surface area (Å²) in [5.41, 5.74) is -0.439. The molecular formula is C12H14N2O5. The minimum absolute atomic E-state index is 0.0322. The van der Waals surface area contributed by atoms with Gasteiger partial charge in [0, 0.05) is 19.2 Å². The number of nitro benzene ring substituents is 1. The monoisotopic (exact) mass is 266 g/mol. The molecular weight excluding hydrogens is 252 g/mol. The predicted octanol–water partition coefficient (Wildman–Crippen LogP) is 1.10. The lowest BCUT2D eigenvalue weighted by Crippen LogP contribution is -2.64. The maximum atomic E-state index is 10.8. The topological polar surface area (TPSA) is 102 Å². The van der Waals surface area contributed by atoms with Gasteiger partial charge in [0.15, 0.2) is 0 Å². The summed E-state index contributed by atoms with van der Waals surface area (Å²) in [5, 5.41) is 22.7. The quantitative estimate of drug-likeness (QED) is 0.611. The normalized spacial score (nSPS) is 16.5. The van der Waals surface area contributed by atoms with Crippen LogP contribution >= 0.6 is 0 Å². The van der Waals surface area contributed by atoms with Crippen LogP contribution in [0.2, 0.25) is 0 Å². The number of hydrogen-bond donors (Lipinski definition) is 2. The molecule has 1 aromatic carbocycles. The van der Waals surface area contributed by atoms with E-state index in [0.717, 1.165) is 0 Å². The van der Waals surface area contributed by atoms with Gasteiger partial charge >= 0.3 is 5.97 Å². The van der Waals surface area contributed by atoms with Crippen LogP contribution in [0.15, 0.2) is 18.2 Å². The lowest BCUT2D eigenvalue weighted by atomic mass is 9.92. The molecule has 0 spiro atoms. The smallest absolute Gasteiger partial charge is 0.307 e. The molecule has 0 radical (unpaired) electrons. The number of nitro groups is 1. The van der Waals surface area contributed by atoms with Crippen LogP contribution in [0.4, 0.5) is 5.69 Å². The highest BCUT2D eigenvalue weighted by Gasteiger charge is 2.42. The molecule has 102 valence electrons. The maximum absolute atomic E-state index is 10.8. The summed E-state index contributed by atoms with van der Waals surface area (Å²) in [6.45, 7) is 2.43. The van der Waals surface area contributed by atoms with Crippen LogP contribution in [0.3, 0.4) is 0 Å². The second-order valence-corrected chi connectivity index (χ2v) is 4.62. The third kappa shape index (κ3) is 2.65. The van der Waals surface area contributed by atoms with Crippen LogP contribution in [0.5, 0.6) is 5.75 Å². The van der Waals surface area contributed by atoms with E-state index in [1.807, 2.05) is 0 Å². The molecule has 7 heteroatoms. The van der Waals surface area contributed by atoms with Crippen molar-refractivity contribution in [2.45, 2.75) is 18.9 Å². The number of nitrogens with zero attached hydrogens (tertiary/aromatic N) is 1. The van der Waals surface area contributed by atoms with E-state index in [0.29, 0.717) is 24.4 Å². The summed E-state index contributed by atoms with van der Waals surface area (Å²) in [6, 6.07) is 4.54. The molecule has 0 aliphatic carbocycles. The van der Waals surface area contributed by atoms with E-state index < -0.39 is 16.5 Å². The number of hydrogen-bond acceptors (Lipinski definition) is 5. The zero-order valence-corrected chi connectivity index (χ0v) is 10.4. The molecule has 2 rings (SSSR count). The molecule has 0 unspecified atom stereocenters. The SMILES string of the molecule is Cc1c(OC2(CC(=O)O)CNC2)cccc1[N+](=O)[O-]. The van der Waals surface area contributed by atoms with E-state index >= 15 is 0 Å². The van der Waals surface area contributed by atoms with Crippen molar-refractivity contribution in [2.75, 3.05) is 13.1 Å². The van der Waals surface area contributed by atoms with Crippen molar-refractivity contribution in [1.29, 1.82) is 0 Å². The first-order valence-electron chi connectivity index (χ1n) is 5.79. The summed E-state index contributed by atoms with van der Waals surface area (Å²) in [4.78, 5) is 21.2. The molecule has 7 nitrogen and oxygen atoms in total. The summed E-state index contributed by atoms with van der Waals surface area (Å²) in [6.07, 6.45) is -0.137. The van der Waals surface area contributed by atoms with Gasteiger partial charge in [-0.3, -0.25) is 14.9 Å². The van der Waals surface area contributed by atoms with Gasteiger partial charge in [0.1, 0.15) is 11.4 Å². The molecule has 1 aliphatic heterocycles. The molecule has 0 atom stereocenters. The van der Waals surface area contributed by atoms with E-state index in [9.17, 15) is 14.9 Å². The van der Waals surface area contributed by atoms with Crippen molar-refractivity contribution in [3.8, 4) is 5.75 Å². The van der Waals surface area contributed by atoms with Gasteiger partial charge < -0.3 is 15.2 Å². The lowest BCUT2D eigenvalue weighted by Gasteiger charge is -2.41. The Morgan fingerprint density at radius 3 is 2.74 bits per heavy atom. The van der Waals surface area contributed by atoms with Gasteiger partial charge in [-0.15, -0.1) is 0 Å². The molecule has 0 bridgehead atoms. The number of ether oxygens (including phenoxy) is 1. The molecule has 1 aromatic rings. The van der Waals surface area contributed by atoms with Gasteiger partial charge in [-0.25, -0.2) is 0 Å². The van der Waals surface area contributed by atoms with Crippen LogP contribution in [-0.2, 0) is 4.79 Å². The third-order valence-electron chi connectivity index (χ3n) is 3.15. The van der Waals surface area contributed by atoms with E-state index in [4.69, 9.17) is 9.84 Å². The average Bonchev–Trinajstić information content (AvgIpc) is 2.27. The Labute approximate surface area is 109 Å². The van der Waals surface area contributed by atoms with Crippen LogP contribution in [-0.4, -0.2) is 34.7 Å². The van der Waals surface area contributed by atoms with Crippen molar-refractivity contribution in [3.63, 3.8) is 0 Å². The molecule has 0 aromatic heterocycles. The minimum atomic E-state index is -0.954. The van der Waals surface area contributed by atoms with Crippen molar-refractivity contribution in [2.24, 2.45) is 0 Å². The minimum Gasteiger partial charge on any atom is -0.483 e. The fourth-order valence-corrected chi connectivity index (χ4v) is 2.06. The number of aliphatic carboxylic acids is 1. The Balaban J connectivity index is 2.25. The standard InChI is InChI=1S/C12H14N2O5/c1-8-9(14(17)18)3-2-4-10(8)19-12(5-11(15)16)6-13-7-12/h2-4,13H,5-7H2,1H3,(H,15,16). The van der Waals surface area contributed by atoms with Gasteiger partial charge in [-0.05, 0) is 13.0 Å². The Morgan fingerprint density at radius 2 is 2.26 bits per heavy atom. The molecule has 0 amide bonds. The summed E-state index contributed by atoms with van der Waals surface area (Å²) < 4.78 is 5.72. The van der Waals surface area contributed by atoms with Gasteiger partial charge in [0.2, 0.25) is 0 Å².